The van der Waals surface area contributed by atoms with E-state index in [1.54, 1.807) is 6.92 Å². The van der Waals surface area contributed by atoms with Crippen molar-refractivity contribution < 1.29 is 29.3 Å². The molecule has 3 fully saturated rings. The Morgan fingerprint density at radius 2 is 1.19 bits per heavy atom. The number of rotatable bonds is 9. The van der Waals surface area contributed by atoms with Gasteiger partial charge in [0.15, 0.2) is 0 Å². The van der Waals surface area contributed by atoms with Gasteiger partial charge in [0.05, 0.1) is 28.6 Å². The van der Waals surface area contributed by atoms with Crippen molar-refractivity contribution in [2.24, 2.45) is 34.5 Å². The van der Waals surface area contributed by atoms with Crippen LogP contribution in [0.4, 0.5) is 0 Å². The van der Waals surface area contributed by atoms with Crippen LogP contribution in [0.15, 0.2) is 36.4 Å². The molecule has 6 nitrogen and oxygen atoms in total. The molecule has 0 radical (unpaired) electrons. The van der Waals surface area contributed by atoms with Gasteiger partial charge in [0.2, 0.25) is 0 Å². The minimum Gasteiger partial charge on any atom is -0.465 e. The summed E-state index contributed by atoms with van der Waals surface area (Å²) >= 11 is 0. The van der Waals surface area contributed by atoms with Crippen LogP contribution in [0, 0.1) is 34.5 Å². The van der Waals surface area contributed by atoms with Crippen molar-refractivity contribution in [1.29, 1.82) is 0 Å². The summed E-state index contributed by atoms with van der Waals surface area (Å²) in [4.78, 5) is 28.5. The Balaban J connectivity index is 0.997. The average Bonchev–Trinajstić information content (AvgIpc) is 3.15. The van der Waals surface area contributed by atoms with Crippen molar-refractivity contribution in [3.05, 3.63) is 69.8 Å². The van der Waals surface area contributed by atoms with E-state index in [1.807, 2.05) is 6.92 Å². The molecule has 57 heavy (non-hydrogen) atoms. The lowest BCUT2D eigenvalue weighted by atomic mass is 9.49. The zero-order chi connectivity index (χ0) is 41.3. The smallest absolute Gasteiger partial charge is 0.312 e. The third kappa shape index (κ3) is 7.33. The molecule has 0 saturated heterocycles. The number of fused-ring (bicyclic) bond motifs is 6. The molecule has 0 bridgehead atoms. The van der Waals surface area contributed by atoms with Crippen LogP contribution in [-0.2, 0) is 42.7 Å². The van der Waals surface area contributed by atoms with Gasteiger partial charge in [-0.15, -0.1) is 0 Å². The molecule has 5 aliphatic rings. The van der Waals surface area contributed by atoms with Gasteiger partial charge >= 0.3 is 11.9 Å². The number of benzene rings is 2. The van der Waals surface area contributed by atoms with Gasteiger partial charge in [-0.25, -0.2) is 0 Å². The average molecular weight is 783 g/mol. The summed E-state index contributed by atoms with van der Waals surface area (Å²) in [6.45, 7) is 21.6. The molecule has 314 valence electrons. The van der Waals surface area contributed by atoms with Gasteiger partial charge in [-0.2, -0.15) is 0 Å². The van der Waals surface area contributed by atoms with Gasteiger partial charge in [0.1, 0.15) is 6.61 Å². The topological polar surface area (TPSA) is 93.1 Å². The lowest BCUT2D eigenvalue weighted by Crippen LogP contribution is -2.54. The molecule has 0 heterocycles. The second-order valence-electron chi connectivity index (χ2n) is 21.8. The molecule has 0 spiro atoms. The molecule has 0 amide bonds. The third-order valence-electron chi connectivity index (χ3n) is 17.3. The zero-order valence-electron chi connectivity index (χ0n) is 37.1. The normalized spacial score (nSPS) is 37.3. The van der Waals surface area contributed by atoms with E-state index in [2.05, 4.69) is 91.8 Å². The first-order chi connectivity index (χ1) is 26.7. The fraction of sp³-hybridized carbons (Fsp3) is 0.725. The number of ether oxygens (including phenoxy) is 2. The highest BCUT2D eigenvalue weighted by Gasteiger charge is 2.58. The number of esters is 2. The Kier molecular flexibility index (Phi) is 11.2. The molecule has 0 aliphatic heterocycles. The van der Waals surface area contributed by atoms with Gasteiger partial charge in [0.25, 0.3) is 0 Å². The molecule has 10 atom stereocenters. The molecule has 2 N–H and O–H groups in total. The minimum absolute atomic E-state index is 0.0843. The standard InChI is InChI=1S/C51H74O6/c1-32(2)34-13-17-40-36(27-34)15-19-42-46(40,5)22-11-24-48(42,7)44(52)56-30-39-29-38(21-26-50(39,9)54)51(10,55)31-57-45(53)49(8)25-12-23-47(6)41-18-14-35(33(3)4)28-37(41)16-20-43(47)49/h13-14,17-18,27-28,32-33,38-39,42-43,54-55H,11-12,15-16,19-26,29-31H2,1-10H3. The SMILES string of the molecule is CC(C)c1ccc2c(c1)CCC1C(C)(C(=O)OCC3CC(C(C)(O)COC(=O)C4(C)CCCC5(C)c6ccc(C(C)C)cc6CCC45)CCC3(C)O)CCCC21C. The van der Waals surface area contributed by atoms with Crippen LogP contribution in [0.1, 0.15) is 185 Å². The summed E-state index contributed by atoms with van der Waals surface area (Å²) in [7, 11) is 0. The number of aryl methyl sites for hydroxylation is 2. The monoisotopic (exact) mass is 783 g/mol. The van der Waals surface area contributed by atoms with Crippen molar-refractivity contribution in [2.45, 2.75) is 187 Å². The summed E-state index contributed by atoms with van der Waals surface area (Å²) in [6.07, 6.45) is 11.1. The van der Waals surface area contributed by atoms with Crippen molar-refractivity contribution in [3.63, 3.8) is 0 Å². The summed E-state index contributed by atoms with van der Waals surface area (Å²) in [5, 5.41) is 23.6. The first-order valence-electron chi connectivity index (χ1n) is 22.7. The predicted molar refractivity (Wildman–Crippen MR) is 227 cm³/mol. The summed E-state index contributed by atoms with van der Waals surface area (Å²) in [6, 6.07) is 14.0. The van der Waals surface area contributed by atoms with Crippen LogP contribution in [0.25, 0.3) is 0 Å². The van der Waals surface area contributed by atoms with Gasteiger partial charge in [-0.3, -0.25) is 9.59 Å². The van der Waals surface area contributed by atoms with E-state index in [-0.39, 0.29) is 59.7 Å². The second kappa shape index (κ2) is 15.1. The summed E-state index contributed by atoms with van der Waals surface area (Å²) in [5.74, 6) is 0.416. The quantitative estimate of drug-likeness (QED) is 0.246. The minimum atomic E-state index is -1.28. The molecule has 10 unspecified atom stereocenters. The van der Waals surface area contributed by atoms with Crippen molar-refractivity contribution in [1.82, 2.24) is 0 Å². The lowest BCUT2D eigenvalue weighted by molar-refractivity contribution is -0.181. The zero-order valence-corrected chi connectivity index (χ0v) is 37.1. The van der Waals surface area contributed by atoms with Crippen LogP contribution in [0.3, 0.4) is 0 Å². The molecular weight excluding hydrogens is 709 g/mol. The number of carbonyl (C=O) groups is 2. The lowest BCUT2D eigenvalue weighted by Gasteiger charge is -2.54. The maximum absolute atomic E-state index is 14.3. The highest BCUT2D eigenvalue weighted by Crippen LogP contribution is 2.59. The molecular formula is C51H74O6. The van der Waals surface area contributed by atoms with E-state index in [0.717, 1.165) is 64.2 Å². The Morgan fingerprint density at radius 1 is 0.719 bits per heavy atom. The fourth-order valence-electron chi connectivity index (χ4n) is 13.3. The van der Waals surface area contributed by atoms with E-state index < -0.39 is 22.0 Å². The molecule has 7 rings (SSSR count). The molecule has 2 aromatic carbocycles. The van der Waals surface area contributed by atoms with Crippen LogP contribution in [0.5, 0.6) is 0 Å². The van der Waals surface area contributed by atoms with E-state index in [4.69, 9.17) is 9.47 Å². The Labute approximate surface area is 344 Å². The van der Waals surface area contributed by atoms with Crippen molar-refractivity contribution in [2.75, 3.05) is 13.2 Å². The van der Waals surface area contributed by atoms with E-state index >= 15 is 0 Å². The van der Waals surface area contributed by atoms with E-state index in [1.165, 1.54) is 33.4 Å². The molecule has 0 aromatic heterocycles. The fourth-order valence-corrected chi connectivity index (χ4v) is 13.3. The van der Waals surface area contributed by atoms with Crippen molar-refractivity contribution >= 4 is 11.9 Å². The van der Waals surface area contributed by atoms with Gasteiger partial charge in [-0.05, 0) is 172 Å². The number of carbonyl (C=O) groups excluding carboxylic acids is 2. The van der Waals surface area contributed by atoms with Crippen LogP contribution >= 0.6 is 0 Å². The predicted octanol–water partition coefficient (Wildman–Crippen LogP) is 10.7. The first kappa shape index (κ1) is 42.4. The maximum Gasteiger partial charge on any atom is 0.312 e. The van der Waals surface area contributed by atoms with Gasteiger partial charge in [-0.1, -0.05) is 90.8 Å². The highest BCUT2D eigenvalue weighted by molar-refractivity contribution is 5.78. The largest absolute Gasteiger partial charge is 0.465 e. The number of aliphatic hydroxyl groups is 2. The van der Waals surface area contributed by atoms with Crippen LogP contribution in [-0.4, -0.2) is 46.6 Å². The Hall–Kier alpha value is -2.70. The van der Waals surface area contributed by atoms with Gasteiger partial charge in [0, 0.05) is 5.92 Å². The summed E-state index contributed by atoms with van der Waals surface area (Å²) < 4.78 is 12.5. The second-order valence-corrected chi connectivity index (χ2v) is 21.8. The van der Waals surface area contributed by atoms with E-state index in [9.17, 15) is 19.8 Å². The maximum atomic E-state index is 14.3. The number of hydrogen-bond donors (Lipinski definition) is 2. The first-order valence-corrected chi connectivity index (χ1v) is 22.7. The van der Waals surface area contributed by atoms with Crippen LogP contribution in [0.2, 0.25) is 0 Å². The third-order valence-corrected chi connectivity index (χ3v) is 17.3. The number of hydrogen-bond acceptors (Lipinski definition) is 6. The molecule has 2 aromatic rings. The van der Waals surface area contributed by atoms with Crippen LogP contribution < -0.4 is 0 Å². The highest BCUT2D eigenvalue weighted by atomic mass is 16.5. The molecule has 5 aliphatic carbocycles. The van der Waals surface area contributed by atoms with E-state index in [0.29, 0.717) is 31.1 Å². The molecule has 6 heteroatoms. The summed E-state index contributed by atoms with van der Waals surface area (Å²) in [5.41, 5.74) is 4.68. The van der Waals surface area contributed by atoms with Gasteiger partial charge < -0.3 is 19.7 Å². The Bertz CT molecular complexity index is 1840. The molecule has 3 saturated carbocycles. The Morgan fingerprint density at radius 3 is 1.67 bits per heavy atom. The van der Waals surface area contributed by atoms with Crippen molar-refractivity contribution in [3.8, 4) is 0 Å².